The summed E-state index contributed by atoms with van der Waals surface area (Å²) < 4.78 is 0. The first-order chi connectivity index (χ1) is 8.77. The Balaban J connectivity index is 1.72. The summed E-state index contributed by atoms with van der Waals surface area (Å²) in [5.74, 6) is 1.26. The van der Waals surface area contributed by atoms with Gasteiger partial charge in [-0.2, -0.15) is 0 Å². The van der Waals surface area contributed by atoms with Crippen LogP contribution in [-0.2, 0) is 4.79 Å². The van der Waals surface area contributed by atoms with Crippen LogP contribution in [0.2, 0.25) is 0 Å². The van der Waals surface area contributed by atoms with E-state index in [0.29, 0.717) is 22.6 Å². The molecule has 1 amide bonds. The van der Waals surface area contributed by atoms with Crippen molar-refractivity contribution in [2.75, 3.05) is 6.54 Å². The van der Waals surface area contributed by atoms with Gasteiger partial charge >= 0.3 is 0 Å². The first-order valence-electron chi connectivity index (χ1n) is 7.69. The summed E-state index contributed by atoms with van der Waals surface area (Å²) in [6.07, 6.45) is 12.5. The highest BCUT2D eigenvalue weighted by molar-refractivity contribution is 9.09. The summed E-state index contributed by atoms with van der Waals surface area (Å²) in [6, 6.07) is 0. The summed E-state index contributed by atoms with van der Waals surface area (Å²) in [5, 5.41) is 3.21. The molecule has 18 heavy (non-hydrogen) atoms. The first-order valence-corrected chi connectivity index (χ1v) is 8.60. The lowest BCUT2D eigenvalue weighted by Gasteiger charge is -2.28. The Hall–Kier alpha value is -0.0500. The van der Waals surface area contributed by atoms with Crippen LogP contribution in [0.4, 0.5) is 0 Å². The number of carbonyl (C=O) groups excluding carboxylic acids is 1. The van der Waals surface area contributed by atoms with Crippen molar-refractivity contribution in [1.82, 2.24) is 5.32 Å². The fraction of sp³-hybridized carbons (Fsp3) is 0.933. The summed E-state index contributed by atoms with van der Waals surface area (Å²) in [4.78, 5) is 12.8. The molecule has 0 aromatic heterocycles. The van der Waals surface area contributed by atoms with Crippen molar-refractivity contribution in [3.8, 4) is 0 Å². The van der Waals surface area contributed by atoms with Gasteiger partial charge in [-0.25, -0.2) is 0 Å². The van der Waals surface area contributed by atoms with Gasteiger partial charge in [-0.3, -0.25) is 4.79 Å². The molecule has 2 fully saturated rings. The number of rotatable bonds is 3. The van der Waals surface area contributed by atoms with Gasteiger partial charge < -0.3 is 5.32 Å². The zero-order chi connectivity index (χ0) is 12.8. The molecular formula is C15H26BrNO. The number of halogens is 1. The smallest absolute Gasteiger partial charge is 0.223 e. The molecule has 1 N–H and O–H groups in total. The van der Waals surface area contributed by atoms with E-state index in [1.807, 2.05) is 0 Å². The molecule has 0 bridgehead atoms. The standard InChI is InChI=1S/C15H26BrNO/c16-14-10-6-5-9-13(14)11-17-15(18)12-7-3-1-2-4-8-12/h12-14H,1-11H2,(H,17,18). The molecule has 2 aliphatic rings. The van der Waals surface area contributed by atoms with E-state index < -0.39 is 0 Å². The van der Waals surface area contributed by atoms with E-state index in [-0.39, 0.29) is 0 Å². The second-order valence-electron chi connectivity index (χ2n) is 5.99. The molecule has 0 aromatic carbocycles. The van der Waals surface area contributed by atoms with Crippen LogP contribution in [0.25, 0.3) is 0 Å². The number of hydrogen-bond acceptors (Lipinski definition) is 1. The molecule has 2 unspecified atom stereocenters. The van der Waals surface area contributed by atoms with E-state index in [4.69, 9.17) is 0 Å². The maximum Gasteiger partial charge on any atom is 0.223 e. The minimum atomic E-state index is 0.296. The van der Waals surface area contributed by atoms with Crippen molar-refractivity contribution in [1.29, 1.82) is 0 Å². The lowest BCUT2D eigenvalue weighted by atomic mass is 9.89. The van der Waals surface area contributed by atoms with Gasteiger partial charge in [-0.05, 0) is 31.6 Å². The average molecular weight is 316 g/mol. The van der Waals surface area contributed by atoms with Crippen molar-refractivity contribution in [3.63, 3.8) is 0 Å². The fourth-order valence-electron chi connectivity index (χ4n) is 3.31. The lowest BCUT2D eigenvalue weighted by Crippen LogP contribution is -2.37. The van der Waals surface area contributed by atoms with Crippen LogP contribution >= 0.6 is 15.9 Å². The highest BCUT2D eigenvalue weighted by atomic mass is 79.9. The molecule has 2 nitrogen and oxygen atoms in total. The van der Waals surface area contributed by atoms with Crippen LogP contribution < -0.4 is 5.32 Å². The Bertz CT molecular complexity index is 261. The quantitative estimate of drug-likeness (QED) is 0.618. The van der Waals surface area contributed by atoms with E-state index in [2.05, 4.69) is 21.2 Å². The molecule has 0 aliphatic heterocycles. The molecule has 0 spiro atoms. The predicted molar refractivity (Wildman–Crippen MR) is 78.9 cm³/mol. The molecule has 3 heteroatoms. The van der Waals surface area contributed by atoms with Crippen molar-refractivity contribution >= 4 is 21.8 Å². The van der Waals surface area contributed by atoms with Gasteiger partial charge in [0.05, 0.1) is 0 Å². The van der Waals surface area contributed by atoms with Gasteiger partial charge in [0.25, 0.3) is 0 Å². The summed E-state index contributed by atoms with van der Waals surface area (Å²) >= 11 is 3.76. The molecule has 2 rings (SSSR count). The zero-order valence-corrected chi connectivity index (χ0v) is 12.9. The molecule has 2 atom stereocenters. The molecule has 2 saturated carbocycles. The van der Waals surface area contributed by atoms with Crippen LogP contribution in [0.5, 0.6) is 0 Å². The Morgan fingerprint density at radius 2 is 1.56 bits per heavy atom. The van der Waals surface area contributed by atoms with Crippen LogP contribution in [0.1, 0.15) is 64.2 Å². The number of alkyl halides is 1. The van der Waals surface area contributed by atoms with Gasteiger partial charge in [-0.15, -0.1) is 0 Å². The Morgan fingerprint density at radius 3 is 2.22 bits per heavy atom. The topological polar surface area (TPSA) is 29.1 Å². The maximum absolute atomic E-state index is 12.2. The van der Waals surface area contributed by atoms with Crippen LogP contribution in [0, 0.1) is 11.8 Å². The highest BCUT2D eigenvalue weighted by Gasteiger charge is 2.25. The molecule has 0 heterocycles. The summed E-state index contributed by atoms with van der Waals surface area (Å²) in [6.45, 7) is 0.880. The van der Waals surface area contributed by atoms with Crippen LogP contribution in [0.15, 0.2) is 0 Å². The molecule has 104 valence electrons. The first kappa shape index (κ1) is 14.4. The molecule has 0 aromatic rings. The second-order valence-corrected chi connectivity index (χ2v) is 7.17. The van der Waals surface area contributed by atoms with Gasteiger partial charge in [0.1, 0.15) is 0 Å². The van der Waals surface area contributed by atoms with E-state index in [9.17, 15) is 4.79 Å². The fourth-order valence-corrected chi connectivity index (χ4v) is 4.08. The molecular weight excluding hydrogens is 290 g/mol. The largest absolute Gasteiger partial charge is 0.356 e. The third-order valence-corrected chi connectivity index (χ3v) is 5.79. The van der Waals surface area contributed by atoms with E-state index in [1.54, 1.807) is 0 Å². The molecule has 0 radical (unpaired) electrons. The number of carbonyl (C=O) groups is 1. The van der Waals surface area contributed by atoms with Crippen molar-refractivity contribution in [2.45, 2.75) is 69.0 Å². The Labute approximate surface area is 119 Å². The predicted octanol–water partition coefficient (Wildman–Crippen LogP) is 4.03. The SMILES string of the molecule is O=C(NCC1CCCCC1Br)C1CCCCCC1. The summed E-state index contributed by atoms with van der Waals surface area (Å²) in [7, 11) is 0. The number of nitrogens with one attached hydrogen (secondary N) is 1. The average Bonchev–Trinajstić information content (AvgIpc) is 2.66. The van der Waals surface area contributed by atoms with Crippen molar-refractivity contribution < 1.29 is 4.79 Å². The number of hydrogen-bond donors (Lipinski definition) is 1. The van der Waals surface area contributed by atoms with Crippen molar-refractivity contribution in [3.05, 3.63) is 0 Å². The second kappa shape index (κ2) is 7.52. The van der Waals surface area contributed by atoms with Crippen LogP contribution in [-0.4, -0.2) is 17.3 Å². The van der Waals surface area contributed by atoms with E-state index in [1.165, 1.54) is 51.4 Å². The van der Waals surface area contributed by atoms with Crippen molar-refractivity contribution in [2.24, 2.45) is 11.8 Å². The third-order valence-electron chi connectivity index (χ3n) is 4.58. The zero-order valence-electron chi connectivity index (χ0n) is 11.3. The highest BCUT2D eigenvalue weighted by Crippen LogP contribution is 2.29. The van der Waals surface area contributed by atoms with Crippen LogP contribution in [0.3, 0.4) is 0 Å². The minimum absolute atomic E-state index is 0.296. The maximum atomic E-state index is 12.2. The normalized spacial score (nSPS) is 30.7. The van der Waals surface area contributed by atoms with E-state index >= 15 is 0 Å². The third kappa shape index (κ3) is 4.25. The van der Waals surface area contributed by atoms with Gasteiger partial charge in [0.2, 0.25) is 5.91 Å². The van der Waals surface area contributed by atoms with Gasteiger partial charge in [0, 0.05) is 17.3 Å². The Kier molecular flexibility index (Phi) is 6.00. The van der Waals surface area contributed by atoms with Gasteiger partial charge in [0.15, 0.2) is 0 Å². The molecule has 0 saturated heterocycles. The summed E-state index contributed by atoms with van der Waals surface area (Å²) in [5.41, 5.74) is 0. The van der Waals surface area contributed by atoms with E-state index in [0.717, 1.165) is 19.4 Å². The minimum Gasteiger partial charge on any atom is -0.356 e. The molecule has 2 aliphatic carbocycles. The number of amides is 1. The van der Waals surface area contributed by atoms with Gasteiger partial charge in [-0.1, -0.05) is 54.5 Å². The lowest BCUT2D eigenvalue weighted by molar-refractivity contribution is -0.125. The monoisotopic (exact) mass is 315 g/mol. The Morgan fingerprint density at radius 1 is 0.944 bits per heavy atom.